The van der Waals surface area contributed by atoms with Crippen LogP contribution in [-0.4, -0.2) is 17.1 Å². The number of halogens is 1. The Bertz CT molecular complexity index is 842. The first-order chi connectivity index (χ1) is 10.8. The number of fused-ring (bicyclic) bond motifs is 1. The number of benzene rings is 1. The van der Waals surface area contributed by atoms with Crippen LogP contribution in [-0.2, 0) is 11.2 Å². The Morgan fingerprint density at radius 1 is 1.57 bits per heavy atom. The third kappa shape index (κ3) is 2.59. The molecule has 0 unspecified atom stereocenters. The van der Waals surface area contributed by atoms with E-state index in [1.165, 1.54) is 18.2 Å². The molecular weight excluding hydrogens is 290 g/mol. The van der Waals surface area contributed by atoms with Crippen molar-refractivity contribution in [1.29, 1.82) is 0 Å². The Morgan fingerprint density at radius 2 is 2.38 bits per heavy atom. The average Bonchev–Trinajstić information content (AvgIpc) is 2.72. The van der Waals surface area contributed by atoms with E-state index in [1.807, 2.05) is 0 Å². The summed E-state index contributed by atoms with van der Waals surface area (Å²) in [4.78, 5) is 7.45. The summed E-state index contributed by atoms with van der Waals surface area (Å²) in [5.41, 5.74) is 1.35. The molecule has 0 saturated carbocycles. The maximum absolute atomic E-state index is 9.67. The minimum atomic E-state index is -2.10. The summed E-state index contributed by atoms with van der Waals surface area (Å²) in [5.74, 6) is 0.422. The molecule has 3 rings (SSSR count). The highest BCUT2D eigenvalue weighted by Gasteiger charge is 2.27. The van der Waals surface area contributed by atoms with Gasteiger partial charge in [-0.2, -0.15) is 0 Å². The molecule has 104 valence electrons. The fourth-order valence-corrected chi connectivity index (χ4v) is 2.12. The SMILES string of the molecule is [2H]C1([2H])OB(O)c2ccc(Oc3nc(C)c([N+]#[C-])cc3Cl)cc21. The zero-order valence-electron chi connectivity index (χ0n) is 12.9. The number of pyridine rings is 1. The zero-order chi connectivity index (χ0) is 16.8. The first-order valence-corrected chi connectivity index (χ1v) is 6.42. The average molecular weight is 303 g/mol. The monoisotopic (exact) mass is 302 g/mol. The van der Waals surface area contributed by atoms with Crippen LogP contribution in [0.25, 0.3) is 4.85 Å². The Kier molecular flexibility index (Phi) is 2.96. The van der Waals surface area contributed by atoms with Crippen molar-refractivity contribution in [3.63, 3.8) is 0 Å². The van der Waals surface area contributed by atoms with Gasteiger partial charge < -0.3 is 14.4 Å². The van der Waals surface area contributed by atoms with Gasteiger partial charge in [-0.3, -0.25) is 0 Å². The lowest BCUT2D eigenvalue weighted by molar-refractivity contribution is 0.275. The predicted octanol–water partition coefficient (Wildman–Crippen LogP) is 2.60. The van der Waals surface area contributed by atoms with Crippen LogP contribution in [0.4, 0.5) is 5.69 Å². The molecule has 0 saturated heterocycles. The molecule has 5 nitrogen and oxygen atoms in total. The number of aryl methyl sites for hydroxylation is 1. The second-order valence-electron chi connectivity index (χ2n) is 4.42. The molecule has 21 heavy (non-hydrogen) atoms. The van der Waals surface area contributed by atoms with Gasteiger partial charge in [-0.1, -0.05) is 17.7 Å². The maximum atomic E-state index is 9.67. The molecule has 1 aliphatic heterocycles. The van der Waals surface area contributed by atoms with E-state index in [1.54, 1.807) is 13.0 Å². The van der Waals surface area contributed by atoms with Crippen LogP contribution in [0.1, 0.15) is 14.0 Å². The summed E-state index contributed by atoms with van der Waals surface area (Å²) in [5, 5.41) is 9.85. The van der Waals surface area contributed by atoms with Gasteiger partial charge in [-0.15, -0.1) is 0 Å². The van der Waals surface area contributed by atoms with Gasteiger partial charge in [-0.25, -0.2) is 9.83 Å². The Labute approximate surface area is 129 Å². The lowest BCUT2D eigenvalue weighted by atomic mass is 9.80. The molecule has 2 heterocycles. The van der Waals surface area contributed by atoms with Crippen molar-refractivity contribution in [1.82, 2.24) is 4.98 Å². The molecule has 1 aromatic carbocycles. The van der Waals surface area contributed by atoms with Crippen LogP contribution in [0.15, 0.2) is 24.3 Å². The van der Waals surface area contributed by atoms with Crippen molar-refractivity contribution in [2.45, 2.75) is 13.5 Å². The first-order valence-electron chi connectivity index (χ1n) is 7.04. The summed E-state index contributed by atoms with van der Waals surface area (Å²) in [7, 11) is -1.31. The number of aromatic nitrogens is 1. The maximum Gasteiger partial charge on any atom is 0.491 e. The second-order valence-corrected chi connectivity index (χ2v) is 4.82. The lowest BCUT2D eigenvalue weighted by Crippen LogP contribution is -2.27. The standard InChI is InChI=1S/C14H10BClN2O3/c1-8-13(17-2)6-12(16)14(18-8)21-10-3-4-11-9(5-10)7-20-15(11)19/h3-6,19H,7H2,1H3/i7D2. The molecule has 0 amide bonds. The van der Waals surface area contributed by atoms with E-state index in [-0.39, 0.29) is 16.5 Å². The fourth-order valence-electron chi connectivity index (χ4n) is 1.93. The molecule has 0 fully saturated rings. The smallest absolute Gasteiger partial charge is 0.438 e. The van der Waals surface area contributed by atoms with E-state index >= 15 is 0 Å². The van der Waals surface area contributed by atoms with E-state index in [0.717, 1.165) is 0 Å². The number of ether oxygens (including phenoxy) is 1. The molecule has 7 heteroatoms. The van der Waals surface area contributed by atoms with Crippen LogP contribution in [0, 0.1) is 13.5 Å². The fraction of sp³-hybridized carbons (Fsp3) is 0.143. The summed E-state index contributed by atoms with van der Waals surface area (Å²) < 4.78 is 26.0. The van der Waals surface area contributed by atoms with Gasteiger partial charge >= 0.3 is 7.12 Å². The number of hydrogen-bond acceptors (Lipinski definition) is 4. The highest BCUT2D eigenvalue weighted by molar-refractivity contribution is 6.61. The van der Waals surface area contributed by atoms with Crippen LogP contribution in [0.5, 0.6) is 11.6 Å². The van der Waals surface area contributed by atoms with Gasteiger partial charge in [0.2, 0.25) is 11.6 Å². The van der Waals surface area contributed by atoms with Crippen molar-refractivity contribution in [2.24, 2.45) is 0 Å². The van der Waals surface area contributed by atoms with E-state index in [9.17, 15) is 5.02 Å². The molecule has 0 spiro atoms. The Balaban J connectivity index is 1.97. The number of hydrogen-bond donors (Lipinski definition) is 1. The van der Waals surface area contributed by atoms with Crippen molar-refractivity contribution in [3.8, 4) is 11.6 Å². The number of rotatable bonds is 2. The quantitative estimate of drug-likeness (QED) is 0.684. The molecule has 2 aromatic rings. The molecule has 1 N–H and O–H groups in total. The number of nitrogens with zero attached hydrogens (tertiary/aromatic N) is 2. The van der Waals surface area contributed by atoms with Crippen LogP contribution in [0.2, 0.25) is 5.02 Å². The lowest BCUT2D eigenvalue weighted by Gasteiger charge is -2.09. The molecule has 1 aromatic heterocycles. The van der Waals surface area contributed by atoms with E-state index in [2.05, 4.69) is 9.83 Å². The first kappa shape index (κ1) is 11.6. The van der Waals surface area contributed by atoms with E-state index in [4.69, 9.17) is 30.3 Å². The van der Waals surface area contributed by atoms with Gasteiger partial charge in [0, 0.05) is 5.69 Å². The highest BCUT2D eigenvalue weighted by atomic mass is 35.5. The third-order valence-corrected chi connectivity index (χ3v) is 3.28. The Hall–Kier alpha value is -2.07. The van der Waals surface area contributed by atoms with Crippen LogP contribution < -0.4 is 10.2 Å². The molecular formula is C14H10BClN2O3. The highest BCUT2D eigenvalue weighted by Crippen LogP contribution is 2.32. The molecule has 0 aliphatic carbocycles. The zero-order valence-corrected chi connectivity index (χ0v) is 11.7. The molecule has 0 bridgehead atoms. The minimum Gasteiger partial charge on any atom is -0.438 e. The molecule has 0 radical (unpaired) electrons. The largest absolute Gasteiger partial charge is 0.491 e. The summed E-state index contributed by atoms with van der Waals surface area (Å²) >= 11 is 6.06. The minimum absolute atomic E-state index is 0.122. The van der Waals surface area contributed by atoms with Gasteiger partial charge in [0.15, 0.2) is 0 Å². The topological polar surface area (TPSA) is 55.9 Å². The summed E-state index contributed by atoms with van der Waals surface area (Å²) in [6.07, 6.45) is 0. The third-order valence-electron chi connectivity index (χ3n) is 3.01. The van der Waals surface area contributed by atoms with Gasteiger partial charge in [-0.05, 0) is 36.1 Å². The van der Waals surface area contributed by atoms with Crippen LogP contribution >= 0.6 is 11.6 Å². The van der Waals surface area contributed by atoms with E-state index < -0.39 is 13.7 Å². The van der Waals surface area contributed by atoms with Crippen molar-refractivity contribution in [2.75, 3.05) is 0 Å². The van der Waals surface area contributed by atoms with Crippen LogP contribution in [0.3, 0.4) is 0 Å². The van der Waals surface area contributed by atoms with Gasteiger partial charge in [0.25, 0.3) is 0 Å². The van der Waals surface area contributed by atoms with E-state index in [0.29, 0.717) is 22.6 Å². The predicted molar refractivity (Wildman–Crippen MR) is 79.2 cm³/mol. The summed E-state index contributed by atoms with van der Waals surface area (Å²) in [6, 6.07) is 5.98. The van der Waals surface area contributed by atoms with Crippen molar-refractivity contribution in [3.05, 3.63) is 52.0 Å². The van der Waals surface area contributed by atoms with Crippen molar-refractivity contribution < 1.29 is 17.2 Å². The second kappa shape index (κ2) is 5.37. The summed E-state index contributed by atoms with van der Waals surface area (Å²) in [6.45, 7) is 6.59. The molecule has 0 atom stereocenters. The normalized spacial score (nSPS) is 16.8. The van der Waals surface area contributed by atoms with Gasteiger partial charge in [0.05, 0.1) is 20.9 Å². The Morgan fingerprint density at radius 3 is 3.14 bits per heavy atom. The van der Waals surface area contributed by atoms with Crippen molar-refractivity contribution >= 4 is 29.9 Å². The molecule has 1 aliphatic rings. The van der Waals surface area contributed by atoms with Gasteiger partial charge in [0.1, 0.15) is 5.75 Å².